The molecule has 0 bridgehead atoms. The number of aliphatic carboxylic acids is 1. The molecule has 2 aromatic carbocycles. The first-order valence-electron chi connectivity index (χ1n) is 33.0. The van der Waals surface area contributed by atoms with E-state index in [0.29, 0.717) is 22.6 Å². The van der Waals surface area contributed by atoms with Gasteiger partial charge in [0.2, 0.25) is 65.0 Å². The highest BCUT2D eigenvalue weighted by molar-refractivity contribution is 7.98. The van der Waals surface area contributed by atoms with Gasteiger partial charge in [-0.25, -0.2) is 4.98 Å². The molecule has 31 heteroatoms. The molecule has 30 nitrogen and oxygen atoms in total. The number of aliphatic hydroxyl groups is 1. The Bertz CT molecular complexity index is 3500. The van der Waals surface area contributed by atoms with Crippen LogP contribution in [0.1, 0.15) is 118 Å². The number of H-pyrrole nitrogens is 3. The van der Waals surface area contributed by atoms with Crippen molar-refractivity contribution >= 4 is 105 Å². The quantitative estimate of drug-likeness (QED) is 0.0253. The number of nitrogens with one attached hydrogen (secondary N) is 15. The lowest BCUT2D eigenvalue weighted by Crippen LogP contribution is -2.60. The van der Waals surface area contributed by atoms with Gasteiger partial charge < -0.3 is 89.0 Å². The molecule has 0 aliphatic carbocycles. The number of carboxylic acid groups (broad SMARTS) is 1. The van der Waals surface area contributed by atoms with E-state index in [4.69, 9.17) is 0 Å². The standard InChI is InChI=1S/C67H98N16O14S/c1-11-46(62(92)82-54(27-42-31-71-48-19-15-13-17-45(42)48)65(95)78-50(22-23-98-10)60(90)72-29-39(8)84)77-64(94)52(25-37(4)5)81-63(93)49(20-21-58(87)88)76-57(86)34-73-61(91)51(24-36(2)3)80-67(97)55(28-43-32-68-35-74-43)83-66(96)53(26-41-30-70-47-18-14-12-16-44(41)47)79-59(89)40(9)75-56(85)33-69-38(6)7/h12-19,30-32,35-40,46,49-55,69-71,84H,11,20-29,33-34H2,1-10H3,(H,68,74)(H,72,90)(H,73,91)(H,75,85)(H,76,86)(H,77,94)(H,78,95)(H,79,89)(H,80,97)(H,81,93)(H,82,92)(H,83,96)(H,87,88)/t39-,40+,46+,49+,50+,51+,52+,53+,54+,55+/m1/s1. The van der Waals surface area contributed by atoms with Crippen molar-refractivity contribution in [2.75, 3.05) is 31.6 Å². The molecule has 0 aliphatic rings. The maximum atomic E-state index is 14.5. The largest absolute Gasteiger partial charge is 0.481 e. The number of thioether (sulfide) groups is 1. The van der Waals surface area contributed by atoms with Crippen molar-refractivity contribution in [2.24, 2.45) is 11.8 Å². The average molecular weight is 1380 g/mol. The first kappa shape index (κ1) is 79.3. The number of carboxylic acids is 1. The summed E-state index contributed by atoms with van der Waals surface area (Å²) < 4.78 is 0. The molecule has 3 aromatic heterocycles. The van der Waals surface area contributed by atoms with E-state index in [1.165, 1.54) is 38.1 Å². The Morgan fingerprint density at radius 2 is 0.949 bits per heavy atom. The third-order valence-corrected chi connectivity index (χ3v) is 16.4. The molecule has 0 saturated carbocycles. The monoisotopic (exact) mass is 1380 g/mol. The predicted molar refractivity (Wildman–Crippen MR) is 369 cm³/mol. The number of hydrogen-bond acceptors (Lipinski definition) is 16. The second-order valence-corrected chi connectivity index (χ2v) is 26.4. The Morgan fingerprint density at radius 3 is 1.45 bits per heavy atom. The molecule has 11 amide bonds. The van der Waals surface area contributed by atoms with Gasteiger partial charge in [0, 0.05) is 78.7 Å². The normalized spacial score (nSPS) is 14.5. The van der Waals surface area contributed by atoms with E-state index < -0.39 is 151 Å². The summed E-state index contributed by atoms with van der Waals surface area (Å²) in [4.78, 5) is 179. The molecular weight excluding hydrogens is 1280 g/mol. The summed E-state index contributed by atoms with van der Waals surface area (Å²) in [5.41, 5.74) is 3.20. The topological polar surface area (TPSA) is 450 Å². The summed E-state index contributed by atoms with van der Waals surface area (Å²) in [5, 5.41) is 53.3. The summed E-state index contributed by atoms with van der Waals surface area (Å²) in [6, 6.07) is 2.96. The molecule has 0 fully saturated rings. The lowest BCUT2D eigenvalue weighted by atomic mass is 10.0. The SMILES string of the molecule is CC[C@H](NC(=O)[C@H](CC(C)C)NC(=O)[C@H](CCC(=O)O)NC(=O)CNC(=O)[C@H](CC(C)C)NC(=O)[C@H](Cc1c[nH]cn1)NC(=O)[C@H](Cc1c[nH]c2ccccc12)NC(=O)[C@H](C)NC(=O)CNC(C)C)C(=O)N[C@@H](Cc1c[nH]c2ccccc12)C(=O)N[C@@H](CCSC)C(=O)NC[C@@H](C)O. The number of rotatable bonds is 42. The summed E-state index contributed by atoms with van der Waals surface area (Å²) in [6.45, 7) is 14.5. The molecule has 0 aliphatic heterocycles. The number of carbonyl (C=O) groups is 12. The first-order chi connectivity index (χ1) is 46.5. The van der Waals surface area contributed by atoms with Gasteiger partial charge in [0.15, 0.2) is 0 Å². The highest BCUT2D eigenvalue weighted by Gasteiger charge is 2.36. The molecule has 536 valence electrons. The van der Waals surface area contributed by atoms with Crippen molar-refractivity contribution in [1.82, 2.24) is 83.7 Å². The first-order valence-corrected chi connectivity index (χ1v) is 34.4. The van der Waals surface area contributed by atoms with Crippen LogP contribution in [-0.2, 0) is 76.8 Å². The fourth-order valence-electron chi connectivity index (χ4n) is 10.6. The summed E-state index contributed by atoms with van der Waals surface area (Å²) in [5.74, 6) is -9.69. The Kier molecular flexibility index (Phi) is 32.2. The Morgan fingerprint density at radius 1 is 0.500 bits per heavy atom. The van der Waals surface area contributed by atoms with Gasteiger partial charge in [-0.15, -0.1) is 0 Å². The number of nitrogens with zero attached hydrogens (tertiary/aromatic N) is 1. The molecule has 0 spiro atoms. The van der Waals surface area contributed by atoms with Gasteiger partial charge in [0.1, 0.15) is 54.4 Å². The van der Waals surface area contributed by atoms with Crippen LogP contribution in [-0.4, -0.2) is 199 Å². The molecule has 10 atom stereocenters. The fourth-order valence-corrected chi connectivity index (χ4v) is 11.0. The van der Waals surface area contributed by atoms with E-state index in [2.05, 4.69) is 83.7 Å². The Hall–Kier alpha value is -9.36. The smallest absolute Gasteiger partial charge is 0.303 e. The number of amides is 11. The van der Waals surface area contributed by atoms with Gasteiger partial charge in [-0.1, -0.05) is 84.9 Å². The molecule has 98 heavy (non-hydrogen) atoms. The summed E-state index contributed by atoms with van der Waals surface area (Å²) in [6.07, 6.45) is 6.13. The van der Waals surface area contributed by atoms with Crippen LogP contribution < -0.4 is 63.8 Å². The molecule has 5 aromatic rings. The third-order valence-electron chi connectivity index (χ3n) is 15.8. The van der Waals surface area contributed by atoms with Gasteiger partial charge in [-0.2, -0.15) is 11.8 Å². The maximum absolute atomic E-state index is 14.5. The molecule has 3 heterocycles. The zero-order chi connectivity index (χ0) is 72.2. The Labute approximate surface area is 574 Å². The molecule has 17 N–H and O–H groups in total. The van der Waals surface area contributed by atoms with E-state index in [1.54, 1.807) is 47.0 Å². The second kappa shape index (κ2) is 39.8. The van der Waals surface area contributed by atoms with Gasteiger partial charge in [0.25, 0.3) is 0 Å². The van der Waals surface area contributed by atoms with Gasteiger partial charge in [-0.05, 0) is 93.1 Å². The van der Waals surface area contributed by atoms with Crippen molar-refractivity contribution in [1.29, 1.82) is 0 Å². The van der Waals surface area contributed by atoms with Crippen LogP contribution in [0.5, 0.6) is 0 Å². The van der Waals surface area contributed by atoms with Crippen LogP contribution in [0.25, 0.3) is 21.8 Å². The van der Waals surface area contributed by atoms with Crippen LogP contribution in [0.15, 0.2) is 73.4 Å². The molecule has 0 saturated heterocycles. The maximum Gasteiger partial charge on any atom is 0.303 e. The highest BCUT2D eigenvalue weighted by Crippen LogP contribution is 2.22. The zero-order valence-corrected chi connectivity index (χ0v) is 58.1. The van der Waals surface area contributed by atoms with Crippen molar-refractivity contribution < 1.29 is 67.7 Å². The number of para-hydroxylation sites is 2. The predicted octanol–water partition coefficient (Wildman–Crippen LogP) is 0.515. The lowest BCUT2D eigenvalue weighted by molar-refractivity contribution is -0.138. The average Bonchev–Trinajstić information content (AvgIpc) is 1.64. The van der Waals surface area contributed by atoms with Crippen molar-refractivity contribution in [3.8, 4) is 0 Å². The molecular formula is C67H98N16O14S. The third kappa shape index (κ3) is 26.2. The minimum Gasteiger partial charge on any atom is -0.481 e. The number of benzene rings is 2. The van der Waals surface area contributed by atoms with Crippen molar-refractivity contribution in [3.63, 3.8) is 0 Å². The van der Waals surface area contributed by atoms with Gasteiger partial charge >= 0.3 is 5.97 Å². The van der Waals surface area contributed by atoms with Crippen molar-refractivity contribution in [3.05, 3.63) is 90.3 Å². The van der Waals surface area contributed by atoms with Crippen LogP contribution >= 0.6 is 11.8 Å². The molecule has 0 unspecified atom stereocenters. The van der Waals surface area contributed by atoms with Crippen LogP contribution in [0.2, 0.25) is 0 Å². The number of imidazole rings is 1. The Balaban J connectivity index is 1.29. The summed E-state index contributed by atoms with van der Waals surface area (Å²) in [7, 11) is 0. The number of hydrogen-bond donors (Lipinski definition) is 17. The summed E-state index contributed by atoms with van der Waals surface area (Å²) >= 11 is 1.45. The number of fused-ring (bicyclic) bond motifs is 2. The van der Waals surface area contributed by atoms with Crippen molar-refractivity contribution in [2.45, 2.75) is 187 Å². The van der Waals surface area contributed by atoms with E-state index in [-0.39, 0.29) is 75.9 Å². The number of aromatic nitrogens is 4. The van der Waals surface area contributed by atoms with E-state index in [1.807, 2.05) is 68.6 Å². The second-order valence-electron chi connectivity index (χ2n) is 25.5. The molecule has 0 radical (unpaired) electrons. The minimum atomic E-state index is -1.59. The highest BCUT2D eigenvalue weighted by atomic mass is 32.2. The number of carbonyl (C=O) groups excluding carboxylic acids is 11. The number of aliphatic hydroxyl groups excluding tert-OH is 1. The fraction of sp³-hybridized carbons (Fsp3) is 0.537. The number of aromatic amines is 3. The van der Waals surface area contributed by atoms with E-state index >= 15 is 0 Å². The zero-order valence-electron chi connectivity index (χ0n) is 57.3. The van der Waals surface area contributed by atoms with Crippen LogP contribution in [0, 0.1) is 11.8 Å². The van der Waals surface area contributed by atoms with Gasteiger partial charge in [0.05, 0.1) is 31.2 Å². The minimum absolute atomic E-state index is 0.0000217. The van der Waals surface area contributed by atoms with Crippen LogP contribution in [0.3, 0.4) is 0 Å². The van der Waals surface area contributed by atoms with E-state index in [0.717, 1.165) is 21.8 Å². The van der Waals surface area contributed by atoms with E-state index in [9.17, 15) is 67.7 Å². The molecule has 5 rings (SSSR count). The lowest BCUT2D eigenvalue weighted by Gasteiger charge is -2.27. The van der Waals surface area contributed by atoms with Gasteiger partial charge in [-0.3, -0.25) is 57.5 Å². The van der Waals surface area contributed by atoms with Crippen LogP contribution in [0.4, 0.5) is 0 Å².